The van der Waals surface area contributed by atoms with Gasteiger partial charge in [0, 0.05) is 31.6 Å². The molecule has 1 N–H and O–H groups in total. The number of amides is 2. The largest absolute Gasteiger partial charge is 0.416 e. The molecule has 0 aromatic heterocycles. The van der Waals surface area contributed by atoms with E-state index >= 15 is 0 Å². The zero-order valence-electron chi connectivity index (χ0n) is 14.1. The fourth-order valence-electron chi connectivity index (χ4n) is 2.34. The van der Waals surface area contributed by atoms with Gasteiger partial charge in [0.05, 0.1) is 11.3 Å². The highest BCUT2D eigenvalue weighted by Crippen LogP contribution is 2.29. The molecule has 2 rings (SSSR count). The van der Waals surface area contributed by atoms with Crippen LogP contribution in [0, 0.1) is 11.6 Å². The normalized spacial score (nSPS) is 11.2. The van der Waals surface area contributed by atoms with Crippen LogP contribution in [-0.2, 0) is 11.0 Å². The summed E-state index contributed by atoms with van der Waals surface area (Å²) in [6.07, 6.45) is -4.50. The lowest BCUT2D eigenvalue weighted by molar-refractivity contribution is -0.137. The van der Waals surface area contributed by atoms with Crippen LogP contribution >= 0.6 is 0 Å². The Labute approximate surface area is 151 Å². The van der Waals surface area contributed by atoms with E-state index in [4.69, 9.17) is 0 Å². The van der Waals surface area contributed by atoms with E-state index in [2.05, 4.69) is 5.32 Å². The quantitative estimate of drug-likeness (QED) is 0.796. The third-order valence-corrected chi connectivity index (χ3v) is 3.68. The Bertz CT molecular complexity index is 835. The van der Waals surface area contributed by atoms with E-state index in [-0.39, 0.29) is 24.3 Å². The number of carbonyl (C=O) groups is 2. The van der Waals surface area contributed by atoms with Crippen molar-refractivity contribution in [3.05, 3.63) is 65.2 Å². The van der Waals surface area contributed by atoms with Gasteiger partial charge in [-0.05, 0) is 36.4 Å². The van der Waals surface area contributed by atoms with Crippen molar-refractivity contribution in [3.63, 3.8) is 0 Å². The highest BCUT2D eigenvalue weighted by Gasteiger charge is 2.30. The molecule has 2 aromatic carbocycles. The summed E-state index contributed by atoms with van der Waals surface area (Å²) < 4.78 is 64.4. The summed E-state index contributed by atoms with van der Waals surface area (Å²) in [4.78, 5) is 24.7. The third-order valence-electron chi connectivity index (χ3n) is 3.68. The summed E-state index contributed by atoms with van der Waals surface area (Å²) in [5.74, 6) is -2.90. The average Bonchev–Trinajstić information content (AvgIpc) is 2.58. The van der Waals surface area contributed by atoms with Crippen molar-refractivity contribution in [2.75, 3.05) is 18.0 Å². The molecule has 0 radical (unpaired) electrons. The van der Waals surface area contributed by atoms with Crippen molar-refractivity contribution in [2.24, 2.45) is 0 Å². The number of carbonyl (C=O) groups excluding carboxylic acids is 2. The molecular weight excluding hydrogens is 371 g/mol. The number of alkyl halides is 3. The monoisotopic (exact) mass is 386 g/mol. The average molecular weight is 386 g/mol. The molecule has 2 aromatic rings. The van der Waals surface area contributed by atoms with E-state index in [1.165, 1.54) is 6.92 Å². The Hall–Kier alpha value is -2.97. The summed E-state index contributed by atoms with van der Waals surface area (Å²) >= 11 is 0. The molecule has 4 nitrogen and oxygen atoms in total. The predicted octanol–water partition coefficient (Wildman–Crippen LogP) is 3.77. The van der Waals surface area contributed by atoms with Crippen LogP contribution in [0.5, 0.6) is 0 Å². The van der Waals surface area contributed by atoms with E-state index < -0.39 is 35.2 Å². The third kappa shape index (κ3) is 5.25. The highest BCUT2D eigenvalue weighted by atomic mass is 19.4. The summed E-state index contributed by atoms with van der Waals surface area (Å²) in [5.41, 5.74) is -1.02. The Morgan fingerprint density at radius 1 is 1.04 bits per heavy atom. The van der Waals surface area contributed by atoms with Crippen LogP contribution in [0.4, 0.5) is 27.6 Å². The molecule has 0 aliphatic rings. The van der Waals surface area contributed by atoms with Crippen LogP contribution in [-0.4, -0.2) is 24.9 Å². The number of nitrogens with one attached hydrogen (secondary N) is 1. The number of anilines is 1. The second kappa shape index (κ2) is 8.15. The first-order valence-corrected chi connectivity index (χ1v) is 7.78. The fourth-order valence-corrected chi connectivity index (χ4v) is 2.34. The highest BCUT2D eigenvalue weighted by molar-refractivity contribution is 5.94. The van der Waals surface area contributed by atoms with Gasteiger partial charge in [0.15, 0.2) is 0 Å². The second-order valence-electron chi connectivity index (χ2n) is 5.60. The lowest BCUT2D eigenvalue weighted by atomic mass is 10.1. The lowest BCUT2D eigenvalue weighted by Gasteiger charge is -2.22. The standard InChI is InChI=1S/C18H15F5N2O2/c1-11(26)25(16-7-6-14(19)10-15(16)20)9-8-24-17(27)12-2-4-13(5-3-12)18(21,22)23/h2-7,10H,8-9H2,1H3,(H,24,27). The molecule has 0 saturated heterocycles. The zero-order chi connectivity index (χ0) is 20.2. The molecule has 0 fully saturated rings. The van der Waals surface area contributed by atoms with Crippen LogP contribution in [0.25, 0.3) is 0 Å². The van der Waals surface area contributed by atoms with Gasteiger partial charge in [0.25, 0.3) is 5.91 Å². The van der Waals surface area contributed by atoms with Crippen molar-refractivity contribution in [3.8, 4) is 0 Å². The van der Waals surface area contributed by atoms with Crippen LogP contribution in [0.15, 0.2) is 42.5 Å². The first kappa shape index (κ1) is 20.3. The van der Waals surface area contributed by atoms with Gasteiger partial charge in [-0.1, -0.05) is 0 Å². The van der Waals surface area contributed by atoms with Gasteiger partial charge < -0.3 is 10.2 Å². The first-order chi connectivity index (χ1) is 12.6. The molecule has 27 heavy (non-hydrogen) atoms. The molecule has 2 amide bonds. The molecule has 0 spiro atoms. The minimum absolute atomic E-state index is 0.00494. The molecule has 144 valence electrons. The van der Waals surface area contributed by atoms with Crippen LogP contribution in [0.1, 0.15) is 22.8 Å². The number of rotatable bonds is 5. The van der Waals surface area contributed by atoms with Gasteiger partial charge >= 0.3 is 6.18 Å². The second-order valence-corrected chi connectivity index (χ2v) is 5.60. The first-order valence-electron chi connectivity index (χ1n) is 7.78. The summed E-state index contributed by atoms with van der Waals surface area (Å²) in [6.45, 7) is 0.987. The molecule has 0 unspecified atom stereocenters. The van der Waals surface area contributed by atoms with Gasteiger partial charge in [0.2, 0.25) is 5.91 Å². The van der Waals surface area contributed by atoms with Crippen molar-refractivity contribution >= 4 is 17.5 Å². The van der Waals surface area contributed by atoms with Crippen molar-refractivity contribution in [1.29, 1.82) is 0 Å². The van der Waals surface area contributed by atoms with Crippen LogP contribution < -0.4 is 10.2 Å². The Balaban J connectivity index is 2.00. The number of hydrogen-bond acceptors (Lipinski definition) is 2. The van der Waals surface area contributed by atoms with E-state index in [1.807, 2.05) is 0 Å². The summed E-state index contributed by atoms with van der Waals surface area (Å²) in [5, 5.41) is 2.43. The van der Waals surface area contributed by atoms with Gasteiger partial charge in [0.1, 0.15) is 11.6 Å². The summed E-state index contributed by atoms with van der Waals surface area (Å²) in [6, 6.07) is 6.35. The number of nitrogens with zero attached hydrogens (tertiary/aromatic N) is 1. The predicted molar refractivity (Wildman–Crippen MR) is 88.2 cm³/mol. The smallest absolute Gasteiger partial charge is 0.350 e. The fraction of sp³-hybridized carbons (Fsp3) is 0.222. The minimum atomic E-state index is -4.50. The molecule has 0 saturated carbocycles. The topological polar surface area (TPSA) is 49.4 Å². The Morgan fingerprint density at radius 3 is 2.19 bits per heavy atom. The number of halogens is 5. The molecule has 9 heteroatoms. The number of hydrogen-bond donors (Lipinski definition) is 1. The van der Waals surface area contributed by atoms with Gasteiger partial charge in [-0.15, -0.1) is 0 Å². The molecule has 0 aliphatic carbocycles. The van der Waals surface area contributed by atoms with Gasteiger partial charge in [-0.25, -0.2) is 8.78 Å². The summed E-state index contributed by atoms with van der Waals surface area (Å²) in [7, 11) is 0. The van der Waals surface area contributed by atoms with Crippen LogP contribution in [0.3, 0.4) is 0 Å². The van der Waals surface area contributed by atoms with E-state index in [9.17, 15) is 31.5 Å². The van der Waals surface area contributed by atoms with Crippen molar-refractivity contribution in [1.82, 2.24) is 5.32 Å². The molecule has 0 bridgehead atoms. The maximum absolute atomic E-state index is 13.8. The Morgan fingerprint density at radius 2 is 1.67 bits per heavy atom. The van der Waals surface area contributed by atoms with E-state index in [0.717, 1.165) is 41.3 Å². The molecule has 0 heterocycles. The van der Waals surface area contributed by atoms with Crippen molar-refractivity contribution in [2.45, 2.75) is 13.1 Å². The van der Waals surface area contributed by atoms with Gasteiger partial charge in [-0.2, -0.15) is 13.2 Å². The maximum Gasteiger partial charge on any atom is 0.416 e. The lowest BCUT2D eigenvalue weighted by Crippen LogP contribution is -2.38. The SMILES string of the molecule is CC(=O)N(CCNC(=O)c1ccc(C(F)(F)F)cc1)c1ccc(F)cc1F. The maximum atomic E-state index is 13.8. The van der Waals surface area contributed by atoms with Gasteiger partial charge in [-0.3, -0.25) is 9.59 Å². The van der Waals surface area contributed by atoms with Crippen LogP contribution in [0.2, 0.25) is 0 Å². The van der Waals surface area contributed by atoms with E-state index in [0.29, 0.717) is 6.07 Å². The minimum Gasteiger partial charge on any atom is -0.350 e. The molecular formula is C18H15F5N2O2. The molecule has 0 aliphatic heterocycles. The van der Waals surface area contributed by atoms with Crippen molar-refractivity contribution < 1.29 is 31.5 Å². The Kier molecular flexibility index (Phi) is 6.14. The zero-order valence-corrected chi connectivity index (χ0v) is 14.1. The van der Waals surface area contributed by atoms with E-state index in [1.54, 1.807) is 0 Å². The molecule has 0 atom stereocenters. The number of benzene rings is 2.